The quantitative estimate of drug-likeness (QED) is 0.672. The number of amides is 1. The molecule has 1 aliphatic rings. The van der Waals surface area contributed by atoms with Crippen LogP contribution in [-0.2, 0) is 18.4 Å². The standard InChI is InChI=1S/C16H15N5O5/c1-20-14-13(15(23)19-16(20)24)21(8-17-14)7-12(22)18-9-2-3-10-11(6-9)26-5-4-25-10/h2-3,6,8H,4-5,7H2,1H3,(H,18,22)(H,19,23,24). The first-order valence-electron chi connectivity index (χ1n) is 7.86. The number of rotatable bonds is 3. The van der Waals surface area contributed by atoms with Gasteiger partial charge in [-0.1, -0.05) is 0 Å². The lowest BCUT2D eigenvalue weighted by Crippen LogP contribution is -2.30. The molecular formula is C16H15N5O5. The van der Waals surface area contributed by atoms with Gasteiger partial charge in [-0.25, -0.2) is 9.78 Å². The normalized spacial score (nSPS) is 13.0. The van der Waals surface area contributed by atoms with E-state index >= 15 is 0 Å². The molecule has 0 aliphatic carbocycles. The number of nitrogens with one attached hydrogen (secondary N) is 2. The number of aryl methyl sites for hydroxylation is 1. The van der Waals surface area contributed by atoms with Crippen molar-refractivity contribution in [2.24, 2.45) is 7.05 Å². The number of ether oxygens (including phenoxy) is 2. The highest BCUT2D eigenvalue weighted by Gasteiger charge is 2.15. The second kappa shape index (κ2) is 6.06. The molecule has 3 heterocycles. The number of carbonyl (C=O) groups excluding carboxylic acids is 1. The average molecular weight is 357 g/mol. The molecule has 3 aromatic rings. The highest BCUT2D eigenvalue weighted by Crippen LogP contribution is 2.32. The molecule has 1 aromatic carbocycles. The van der Waals surface area contributed by atoms with Crippen molar-refractivity contribution < 1.29 is 14.3 Å². The molecule has 134 valence electrons. The average Bonchev–Trinajstić information content (AvgIpc) is 3.04. The zero-order valence-corrected chi connectivity index (χ0v) is 13.8. The van der Waals surface area contributed by atoms with Crippen molar-refractivity contribution in [1.29, 1.82) is 0 Å². The second-order valence-corrected chi connectivity index (χ2v) is 5.77. The maximum Gasteiger partial charge on any atom is 0.329 e. The van der Waals surface area contributed by atoms with Gasteiger partial charge in [-0.3, -0.25) is 19.1 Å². The Bertz CT molecular complexity index is 1130. The number of H-pyrrole nitrogens is 1. The van der Waals surface area contributed by atoms with Crippen LogP contribution in [0.1, 0.15) is 0 Å². The van der Waals surface area contributed by atoms with E-state index in [1.54, 1.807) is 18.2 Å². The zero-order chi connectivity index (χ0) is 18.3. The Morgan fingerprint density at radius 1 is 1.27 bits per heavy atom. The van der Waals surface area contributed by atoms with Crippen molar-refractivity contribution in [3.8, 4) is 11.5 Å². The Balaban J connectivity index is 1.57. The van der Waals surface area contributed by atoms with Crippen molar-refractivity contribution in [2.75, 3.05) is 18.5 Å². The summed E-state index contributed by atoms with van der Waals surface area (Å²) in [5.74, 6) is 0.838. The first-order valence-corrected chi connectivity index (χ1v) is 7.86. The molecule has 2 N–H and O–H groups in total. The minimum Gasteiger partial charge on any atom is -0.486 e. The van der Waals surface area contributed by atoms with Gasteiger partial charge >= 0.3 is 5.69 Å². The van der Waals surface area contributed by atoms with Crippen LogP contribution in [0.2, 0.25) is 0 Å². The van der Waals surface area contributed by atoms with Gasteiger partial charge in [0.1, 0.15) is 19.8 Å². The lowest BCUT2D eigenvalue weighted by atomic mass is 10.2. The highest BCUT2D eigenvalue weighted by molar-refractivity contribution is 5.91. The molecule has 0 saturated heterocycles. The van der Waals surface area contributed by atoms with E-state index in [1.165, 1.54) is 22.5 Å². The number of aromatic amines is 1. The third-order valence-electron chi connectivity index (χ3n) is 4.02. The van der Waals surface area contributed by atoms with Crippen molar-refractivity contribution >= 4 is 22.8 Å². The molecule has 10 heteroatoms. The van der Waals surface area contributed by atoms with Crippen molar-refractivity contribution in [3.63, 3.8) is 0 Å². The summed E-state index contributed by atoms with van der Waals surface area (Å²) < 4.78 is 13.5. The molecular weight excluding hydrogens is 342 g/mol. The summed E-state index contributed by atoms with van der Waals surface area (Å²) in [6, 6.07) is 5.10. The number of benzene rings is 1. The van der Waals surface area contributed by atoms with Gasteiger partial charge in [0, 0.05) is 18.8 Å². The number of nitrogens with zero attached hydrogens (tertiary/aromatic N) is 3. The molecule has 0 bridgehead atoms. The van der Waals surface area contributed by atoms with Gasteiger partial charge in [0.05, 0.1) is 6.33 Å². The van der Waals surface area contributed by atoms with Crippen LogP contribution in [0.25, 0.3) is 11.2 Å². The number of anilines is 1. The summed E-state index contributed by atoms with van der Waals surface area (Å²) in [6.45, 7) is 0.808. The van der Waals surface area contributed by atoms with E-state index in [0.717, 1.165) is 0 Å². The van der Waals surface area contributed by atoms with Gasteiger partial charge in [-0.2, -0.15) is 0 Å². The van der Waals surface area contributed by atoms with Crippen molar-refractivity contribution in [3.05, 3.63) is 45.4 Å². The molecule has 0 radical (unpaired) electrons. The van der Waals surface area contributed by atoms with E-state index in [2.05, 4.69) is 15.3 Å². The Kier molecular flexibility index (Phi) is 3.72. The summed E-state index contributed by atoms with van der Waals surface area (Å²) >= 11 is 0. The Morgan fingerprint density at radius 2 is 2.04 bits per heavy atom. The minimum absolute atomic E-state index is 0.133. The second-order valence-electron chi connectivity index (χ2n) is 5.77. The Labute approximate surface area is 146 Å². The molecule has 0 atom stereocenters. The van der Waals surface area contributed by atoms with E-state index in [-0.39, 0.29) is 23.6 Å². The molecule has 2 aromatic heterocycles. The van der Waals surface area contributed by atoms with Crippen LogP contribution in [0, 0.1) is 0 Å². The molecule has 26 heavy (non-hydrogen) atoms. The van der Waals surface area contributed by atoms with Crippen molar-refractivity contribution in [2.45, 2.75) is 6.54 Å². The van der Waals surface area contributed by atoms with Crippen LogP contribution >= 0.6 is 0 Å². The van der Waals surface area contributed by atoms with Gasteiger partial charge in [0.25, 0.3) is 5.56 Å². The number of hydrogen-bond acceptors (Lipinski definition) is 6. The number of carbonyl (C=O) groups is 1. The van der Waals surface area contributed by atoms with E-state index in [9.17, 15) is 14.4 Å². The maximum absolute atomic E-state index is 12.3. The van der Waals surface area contributed by atoms with E-state index in [0.29, 0.717) is 30.4 Å². The summed E-state index contributed by atoms with van der Waals surface area (Å²) in [5.41, 5.74) is -0.235. The smallest absolute Gasteiger partial charge is 0.329 e. The van der Waals surface area contributed by atoms with Gasteiger partial charge in [-0.15, -0.1) is 0 Å². The van der Waals surface area contributed by atoms with Crippen LogP contribution in [0.4, 0.5) is 5.69 Å². The number of imidazole rings is 1. The third-order valence-corrected chi connectivity index (χ3v) is 4.02. The predicted molar refractivity (Wildman–Crippen MR) is 91.7 cm³/mol. The van der Waals surface area contributed by atoms with Crippen LogP contribution in [0.15, 0.2) is 34.1 Å². The minimum atomic E-state index is -0.590. The lowest BCUT2D eigenvalue weighted by molar-refractivity contribution is -0.116. The molecule has 1 aliphatic heterocycles. The molecule has 0 spiro atoms. The molecule has 0 unspecified atom stereocenters. The molecule has 10 nitrogen and oxygen atoms in total. The fourth-order valence-electron chi connectivity index (χ4n) is 2.78. The largest absolute Gasteiger partial charge is 0.486 e. The van der Waals surface area contributed by atoms with Crippen LogP contribution in [-0.4, -0.2) is 38.2 Å². The number of fused-ring (bicyclic) bond motifs is 2. The van der Waals surface area contributed by atoms with Gasteiger partial charge in [0.15, 0.2) is 22.7 Å². The molecule has 0 saturated carbocycles. The Hall–Kier alpha value is -3.56. The summed E-state index contributed by atoms with van der Waals surface area (Å²) in [6.07, 6.45) is 1.35. The SMILES string of the molecule is Cn1c(=O)[nH]c(=O)c2c1ncn2CC(=O)Nc1ccc2c(c1)OCCO2. The number of aromatic nitrogens is 4. The predicted octanol–water partition coefficient (Wildman–Crippen LogP) is -0.167. The number of hydrogen-bond donors (Lipinski definition) is 2. The Morgan fingerprint density at radius 3 is 2.85 bits per heavy atom. The van der Waals surface area contributed by atoms with E-state index in [1.807, 2.05) is 0 Å². The maximum atomic E-state index is 12.3. The van der Waals surface area contributed by atoms with Crippen LogP contribution < -0.4 is 26.0 Å². The van der Waals surface area contributed by atoms with Crippen molar-refractivity contribution in [1.82, 2.24) is 19.1 Å². The molecule has 1 amide bonds. The fourth-order valence-corrected chi connectivity index (χ4v) is 2.78. The summed E-state index contributed by atoms with van der Waals surface area (Å²) in [5, 5.41) is 2.74. The third kappa shape index (κ3) is 2.70. The van der Waals surface area contributed by atoms with Crippen LogP contribution in [0.5, 0.6) is 11.5 Å². The van der Waals surface area contributed by atoms with Gasteiger partial charge in [-0.05, 0) is 12.1 Å². The van der Waals surface area contributed by atoms with E-state index < -0.39 is 11.2 Å². The summed E-state index contributed by atoms with van der Waals surface area (Å²) in [7, 11) is 1.49. The van der Waals surface area contributed by atoms with E-state index in [4.69, 9.17) is 9.47 Å². The van der Waals surface area contributed by atoms with Gasteiger partial charge in [0.2, 0.25) is 5.91 Å². The molecule has 0 fully saturated rings. The summed E-state index contributed by atoms with van der Waals surface area (Å²) in [4.78, 5) is 42.2. The first kappa shape index (κ1) is 15.9. The van der Waals surface area contributed by atoms with Crippen LogP contribution in [0.3, 0.4) is 0 Å². The fraction of sp³-hybridized carbons (Fsp3) is 0.250. The van der Waals surface area contributed by atoms with Gasteiger partial charge < -0.3 is 19.4 Å². The monoisotopic (exact) mass is 357 g/mol. The molecule has 4 rings (SSSR count). The lowest BCUT2D eigenvalue weighted by Gasteiger charge is -2.19. The first-order chi connectivity index (χ1) is 12.5. The highest BCUT2D eigenvalue weighted by atomic mass is 16.6. The zero-order valence-electron chi connectivity index (χ0n) is 13.8. The topological polar surface area (TPSA) is 120 Å².